The van der Waals surface area contributed by atoms with Crippen molar-refractivity contribution in [3.05, 3.63) is 49.8 Å². The molecule has 0 amide bonds. The lowest BCUT2D eigenvalue weighted by Crippen LogP contribution is -2.16. The van der Waals surface area contributed by atoms with Gasteiger partial charge in [0.1, 0.15) is 5.15 Å². The van der Waals surface area contributed by atoms with Crippen molar-refractivity contribution in [3.8, 4) is 0 Å². The number of pyridine rings is 1. The van der Waals surface area contributed by atoms with Gasteiger partial charge in [-0.05, 0) is 46.7 Å². The first-order valence-corrected chi connectivity index (χ1v) is 7.20. The van der Waals surface area contributed by atoms with Crippen LogP contribution in [0.2, 0.25) is 5.15 Å². The predicted octanol–water partition coefficient (Wildman–Crippen LogP) is 4.19. The fourth-order valence-electron chi connectivity index (χ4n) is 1.61. The van der Waals surface area contributed by atoms with Crippen LogP contribution < -0.4 is 0 Å². The molecule has 2 aromatic rings. The van der Waals surface area contributed by atoms with E-state index in [0.717, 1.165) is 17.6 Å². The maximum Gasteiger partial charge on any atom is 0.129 e. The van der Waals surface area contributed by atoms with E-state index >= 15 is 0 Å². The van der Waals surface area contributed by atoms with Crippen LogP contribution in [0.15, 0.2) is 34.2 Å². The summed E-state index contributed by atoms with van der Waals surface area (Å²) in [5.41, 5.74) is 1.18. The Hall–Kier alpha value is -0.420. The quantitative estimate of drug-likeness (QED) is 0.781. The molecule has 0 aromatic carbocycles. The summed E-state index contributed by atoms with van der Waals surface area (Å²) in [5.74, 6) is 0. The van der Waals surface area contributed by atoms with Crippen molar-refractivity contribution in [3.63, 3.8) is 0 Å². The van der Waals surface area contributed by atoms with Gasteiger partial charge in [-0.1, -0.05) is 11.6 Å². The van der Waals surface area contributed by atoms with Crippen molar-refractivity contribution in [2.24, 2.45) is 0 Å². The molecule has 2 rings (SSSR count). The molecule has 5 heteroatoms. The van der Waals surface area contributed by atoms with E-state index in [-0.39, 0.29) is 0 Å². The Morgan fingerprint density at radius 2 is 2.24 bits per heavy atom. The smallest absolute Gasteiger partial charge is 0.129 e. The summed E-state index contributed by atoms with van der Waals surface area (Å²) in [7, 11) is 2.10. The van der Waals surface area contributed by atoms with Crippen LogP contribution >= 0.6 is 38.9 Å². The summed E-state index contributed by atoms with van der Waals surface area (Å²) in [6, 6.07) is 6.05. The van der Waals surface area contributed by atoms with Crippen LogP contribution in [0.1, 0.15) is 10.4 Å². The van der Waals surface area contributed by atoms with Crippen molar-refractivity contribution >= 4 is 38.9 Å². The lowest BCUT2D eigenvalue weighted by molar-refractivity contribution is 0.322. The number of rotatable bonds is 4. The van der Waals surface area contributed by atoms with Gasteiger partial charge in [-0.25, -0.2) is 4.98 Å². The van der Waals surface area contributed by atoms with Gasteiger partial charge in [0.05, 0.1) is 0 Å². The summed E-state index contributed by atoms with van der Waals surface area (Å²) < 4.78 is 1.15. The van der Waals surface area contributed by atoms with Crippen LogP contribution in [0.3, 0.4) is 0 Å². The highest BCUT2D eigenvalue weighted by atomic mass is 79.9. The summed E-state index contributed by atoms with van der Waals surface area (Å²) in [6.45, 7) is 1.81. The van der Waals surface area contributed by atoms with E-state index in [2.05, 4.69) is 44.3 Å². The van der Waals surface area contributed by atoms with E-state index in [1.807, 2.05) is 12.1 Å². The maximum absolute atomic E-state index is 5.86. The van der Waals surface area contributed by atoms with Crippen molar-refractivity contribution in [1.29, 1.82) is 0 Å². The minimum atomic E-state index is 0.551. The topological polar surface area (TPSA) is 16.1 Å². The molecule has 0 aliphatic carbocycles. The second kappa shape index (κ2) is 5.96. The molecule has 0 spiro atoms. The Morgan fingerprint density at radius 1 is 1.41 bits per heavy atom. The molecule has 2 nitrogen and oxygen atoms in total. The largest absolute Gasteiger partial charge is 0.297 e. The zero-order chi connectivity index (χ0) is 12.3. The first kappa shape index (κ1) is 13.0. The third-order valence-electron chi connectivity index (χ3n) is 2.29. The monoisotopic (exact) mass is 330 g/mol. The number of halogens is 2. The van der Waals surface area contributed by atoms with E-state index in [1.165, 1.54) is 10.4 Å². The van der Waals surface area contributed by atoms with Gasteiger partial charge in [0.25, 0.3) is 0 Å². The molecule has 0 radical (unpaired) electrons. The lowest BCUT2D eigenvalue weighted by Gasteiger charge is -2.15. The summed E-state index contributed by atoms with van der Waals surface area (Å²) >= 11 is 11.1. The Balaban J connectivity index is 1.95. The van der Waals surface area contributed by atoms with Gasteiger partial charge in [0, 0.05) is 34.0 Å². The lowest BCUT2D eigenvalue weighted by atomic mass is 10.2. The second-order valence-electron chi connectivity index (χ2n) is 3.89. The standard InChI is InChI=1S/C12H12BrClN2S/c1-16(7-11-5-10(13)8-17-11)6-9-2-3-15-12(14)4-9/h2-5,8H,6-7H2,1H3. The van der Waals surface area contributed by atoms with Crippen LogP contribution in [0.4, 0.5) is 0 Å². The maximum atomic E-state index is 5.86. The van der Waals surface area contributed by atoms with Gasteiger partial charge in [0.2, 0.25) is 0 Å². The molecule has 0 aliphatic heterocycles. The molecule has 0 N–H and O–H groups in total. The molecule has 0 fully saturated rings. The van der Waals surface area contributed by atoms with Crippen LogP contribution in [-0.4, -0.2) is 16.9 Å². The van der Waals surface area contributed by atoms with E-state index in [1.54, 1.807) is 17.5 Å². The normalized spacial score (nSPS) is 11.1. The number of aromatic nitrogens is 1. The molecule has 2 heterocycles. The molecule has 0 saturated heterocycles. The molecule has 17 heavy (non-hydrogen) atoms. The minimum Gasteiger partial charge on any atom is -0.297 e. The van der Waals surface area contributed by atoms with Gasteiger partial charge in [0.15, 0.2) is 0 Å². The molecule has 90 valence electrons. The Kier molecular flexibility index (Phi) is 4.56. The Morgan fingerprint density at radius 3 is 2.88 bits per heavy atom. The molecule has 2 aromatic heterocycles. The van der Waals surface area contributed by atoms with Crippen LogP contribution in [0.25, 0.3) is 0 Å². The van der Waals surface area contributed by atoms with E-state index in [4.69, 9.17) is 11.6 Å². The van der Waals surface area contributed by atoms with E-state index in [9.17, 15) is 0 Å². The second-order valence-corrected chi connectivity index (χ2v) is 6.19. The van der Waals surface area contributed by atoms with Crippen LogP contribution in [0, 0.1) is 0 Å². The highest BCUT2D eigenvalue weighted by molar-refractivity contribution is 9.10. The molecule has 0 bridgehead atoms. The minimum absolute atomic E-state index is 0.551. The van der Waals surface area contributed by atoms with Crippen molar-refractivity contribution < 1.29 is 0 Å². The molecular weight excluding hydrogens is 320 g/mol. The third kappa shape index (κ3) is 4.07. The first-order chi connectivity index (χ1) is 8.13. The Bertz CT molecular complexity index is 501. The molecule has 0 unspecified atom stereocenters. The molecular formula is C12H12BrClN2S. The zero-order valence-corrected chi connectivity index (χ0v) is 12.5. The Labute approximate surface area is 118 Å². The van der Waals surface area contributed by atoms with Gasteiger partial charge in [-0.15, -0.1) is 11.3 Å². The number of thiophene rings is 1. The highest BCUT2D eigenvalue weighted by Crippen LogP contribution is 2.21. The molecule has 0 atom stereocenters. The van der Waals surface area contributed by atoms with E-state index in [0.29, 0.717) is 5.15 Å². The third-order valence-corrected chi connectivity index (χ3v) is 4.18. The van der Waals surface area contributed by atoms with Crippen LogP contribution in [-0.2, 0) is 13.1 Å². The van der Waals surface area contributed by atoms with Crippen molar-refractivity contribution in [2.45, 2.75) is 13.1 Å². The SMILES string of the molecule is CN(Cc1ccnc(Cl)c1)Cc1cc(Br)cs1. The van der Waals surface area contributed by atoms with Crippen molar-refractivity contribution in [2.75, 3.05) is 7.05 Å². The number of hydrogen-bond acceptors (Lipinski definition) is 3. The van der Waals surface area contributed by atoms with E-state index < -0.39 is 0 Å². The number of nitrogens with zero attached hydrogens (tertiary/aromatic N) is 2. The van der Waals surface area contributed by atoms with Gasteiger partial charge < -0.3 is 0 Å². The summed E-state index contributed by atoms with van der Waals surface area (Å²) in [5, 5.41) is 2.65. The predicted molar refractivity (Wildman–Crippen MR) is 76.4 cm³/mol. The fraction of sp³-hybridized carbons (Fsp3) is 0.250. The zero-order valence-electron chi connectivity index (χ0n) is 9.36. The number of hydrogen-bond donors (Lipinski definition) is 0. The summed E-state index contributed by atoms with van der Waals surface area (Å²) in [6.07, 6.45) is 1.74. The van der Waals surface area contributed by atoms with Gasteiger partial charge in [-0.2, -0.15) is 0 Å². The highest BCUT2D eigenvalue weighted by Gasteiger charge is 2.04. The molecule has 0 aliphatic rings. The fourth-order valence-corrected chi connectivity index (χ4v) is 3.34. The summed E-state index contributed by atoms with van der Waals surface area (Å²) in [4.78, 5) is 7.58. The van der Waals surface area contributed by atoms with Crippen molar-refractivity contribution in [1.82, 2.24) is 9.88 Å². The average Bonchev–Trinajstić information content (AvgIpc) is 2.63. The van der Waals surface area contributed by atoms with Crippen LogP contribution in [0.5, 0.6) is 0 Å². The van der Waals surface area contributed by atoms with Gasteiger partial charge in [-0.3, -0.25) is 4.90 Å². The first-order valence-electron chi connectivity index (χ1n) is 5.15. The molecule has 0 saturated carbocycles. The average molecular weight is 332 g/mol. The van der Waals surface area contributed by atoms with Gasteiger partial charge >= 0.3 is 0 Å².